The second kappa shape index (κ2) is 7.25. The van der Waals surface area contributed by atoms with Gasteiger partial charge < -0.3 is 0 Å². The lowest BCUT2D eigenvalue weighted by Crippen LogP contribution is -1.98. The summed E-state index contributed by atoms with van der Waals surface area (Å²) >= 11 is 0. The molecule has 0 spiro atoms. The molecule has 0 aromatic carbocycles. The number of hydrogen-bond donors (Lipinski definition) is 0. The summed E-state index contributed by atoms with van der Waals surface area (Å²) in [4.78, 5) is 0. The van der Waals surface area contributed by atoms with Crippen molar-refractivity contribution in [1.82, 2.24) is 41.2 Å². The first-order chi connectivity index (χ1) is 8.95. The highest BCUT2D eigenvalue weighted by molar-refractivity contribution is 4.89. The highest BCUT2D eigenvalue weighted by Crippen LogP contribution is 2.06. The van der Waals surface area contributed by atoms with E-state index >= 15 is 0 Å². The quantitative estimate of drug-likeness (QED) is 0.638. The minimum absolute atomic E-state index is 0.897. The van der Waals surface area contributed by atoms with Crippen LogP contribution in [0.5, 0.6) is 0 Å². The summed E-state index contributed by atoms with van der Waals surface area (Å²) in [6, 6.07) is 0. The molecular weight excluding hydrogens is 232 g/mol. The molecule has 0 radical (unpaired) electrons. The van der Waals surface area contributed by atoms with E-state index in [0.29, 0.717) is 0 Å². The third-order valence-corrected chi connectivity index (χ3v) is 2.56. The van der Waals surface area contributed by atoms with Gasteiger partial charge in [-0.2, -0.15) is 0 Å². The van der Waals surface area contributed by atoms with Gasteiger partial charge in [0.2, 0.25) is 0 Å². The molecule has 8 nitrogen and oxygen atoms in total. The molecular formula is C10H14N8. The van der Waals surface area contributed by atoms with Crippen molar-refractivity contribution in [2.24, 2.45) is 0 Å². The standard InChI is InChI=1S/C10H14N8/c1(3-5-9-7-11-15-17-13-9)2-4-6-10-8-12-16-18-14-10/h7-8H,1-6H2. The Morgan fingerprint density at radius 1 is 0.611 bits per heavy atom. The first kappa shape index (κ1) is 12.3. The van der Waals surface area contributed by atoms with E-state index in [1.807, 2.05) is 0 Å². The Hall–Kier alpha value is -2.12. The van der Waals surface area contributed by atoms with E-state index in [0.717, 1.165) is 49.9 Å². The average Bonchev–Trinajstić information content (AvgIpc) is 2.45. The second-order valence-electron chi connectivity index (χ2n) is 3.94. The smallest absolute Gasteiger partial charge is 0.0851 e. The van der Waals surface area contributed by atoms with Gasteiger partial charge in [0.15, 0.2) is 0 Å². The number of rotatable bonds is 7. The largest absolute Gasteiger partial charge is 0.135 e. The summed E-state index contributed by atoms with van der Waals surface area (Å²) in [5.41, 5.74) is 1.79. The number of aryl methyl sites for hydroxylation is 2. The minimum Gasteiger partial charge on any atom is -0.135 e. The fraction of sp³-hybridized carbons (Fsp3) is 0.600. The molecule has 0 aliphatic carbocycles. The summed E-state index contributed by atoms with van der Waals surface area (Å²) in [6.07, 6.45) is 9.59. The Morgan fingerprint density at radius 3 is 1.50 bits per heavy atom. The Kier molecular flexibility index (Phi) is 4.97. The molecule has 8 heteroatoms. The van der Waals surface area contributed by atoms with E-state index in [1.54, 1.807) is 12.4 Å². The molecule has 2 rings (SSSR count). The van der Waals surface area contributed by atoms with E-state index in [4.69, 9.17) is 0 Å². The molecule has 18 heavy (non-hydrogen) atoms. The number of hydrogen-bond acceptors (Lipinski definition) is 8. The number of nitrogens with zero attached hydrogens (tertiary/aromatic N) is 8. The summed E-state index contributed by atoms with van der Waals surface area (Å²) in [5, 5.41) is 29.0. The maximum Gasteiger partial charge on any atom is 0.0851 e. The van der Waals surface area contributed by atoms with Gasteiger partial charge in [-0.05, 0) is 46.5 Å². The molecule has 0 saturated heterocycles. The van der Waals surface area contributed by atoms with Gasteiger partial charge in [0.1, 0.15) is 0 Å². The number of aromatic nitrogens is 8. The lowest BCUT2D eigenvalue weighted by atomic mass is 10.1. The van der Waals surface area contributed by atoms with E-state index < -0.39 is 0 Å². The van der Waals surface area contributed by atoms with Gasteiger partial charge in [-0.15, -0.1) is 20.4 Å². The highest BCUT2D eigenvalue weighted by atomic mass is 15.4. The Labute approximate surface area is 104 Å². The van der Waals surface area contributed by atoms with E-state index in [1.165, 1.54) is 0 Å². The Bertz CT molecular complexity index is 391. The maximum absolute atomic E-state index is 3.89. The molecule has 0 amide bonds. The fourth-order valence-corrected chi connectivity index (χ4v) is 1.63. The van der Waals surface area contributed by atoms with Crippen LogP contribution in [-0.2, 0) is 12.8 Å². The van der Waals surface area contributed by atoms with Crippen LogP contribution < -0.4 is 0 Å². The summed E-state index contributed by atoms with van der Waals surface area (Å²) in [5.74, 6) is 0. The zero-order valence-corrected chi connectivity index (χ0v) is 9.98. The zero-order chi connectivity index (χ0) is 12.5. The van der Waals surface area contributed by atoms with Gasteiger partial charge in [0, 0.05) is 0 Å². The Morgan fingerprint density at radius 2 is 1.11 bits per heavy atom. The van der Waals surface area contributed by atoms with E-state index in [9.17, 15) is 0 Å². The normalized spacial score (nSPS) is 10.4. The predicted octanol–water partition coefficient (Wildman–Crippen LogP) is 0.192. The monoisotopic (exact) mass is 246 g/mol. The van der Waals surface area contributed by atoms with Gasteiger partial charge in [-0.25, -0.2) is 0 Å². The third kappa shape index (κ3) is 4.40. The molecule has 0 bridgehead atoms. The van der Waals surface area contributed by atoms with Crippen molar-refractivity contribution >= 4 is 0 Å². The van der Waals surface area contributed by atoms with Crippen LogP contribution >= 0.6 is 0 Å². The topological polar surface area (TPSA) is 103 Å². The van der Waals surface area contributed by atoms with Crippen LogP contribution in [0.25, 0.3) is 0 Å². The fourth-order valence-electron chi connectivity index (χ4n) is 1.63. The van der Waals surface area contributed by atoms with Crippen LogP contribution in [0, 0.1) is 0 Å². The van der Waals surface area contributed by atoms with Crippen LogP contribution in [0.1, 0.15) is 37.1 Å². The SMILES string of the molecule is c1nnnnc1CCCCCCc1cnnnn1. The van der Waals surface area contributed by atoms with Gasteiger partial charge in [0.05, 0.1) is 23.8 Å². The molecule has 0 unspecified atom stereocenters. The lowest BCUT2D eigenvalue weighted by molar-refractivity contribution is 0.609. The second-order valence-corrected chi connectivity index (χ2v) is 3.94. The van der Waals surface area contributed by atoms with Gasteiger partial charge in [-0.3, -0.25) is 0 Å². The maximum atomic E-state index is 3.89. The molecule has 2 aromatic rings. The van der Waals surface area contributed by atoms with Crippen LogP contribution in [-0.4, -0.2) is 41.2 Å². The van der Waals surface area contributed by atoms with E-state index in [-0.39, 0.29) is 0 Å². The molecule has 0 saturated carbocycles. The van der Waals surface area contributed by atoms with Crippen molar-refractivity contribution in [3.05, 3.63) is 23.8 Å². The minimum atomic E-state index is 0.897. The van der Waals surface area contributed by atoms with Gasteiger partial charge in [-0.1, -0.05) is 12.8 Å². The van der Waals surface area contributed by atoms with Crippen molar-refractivity contribution in [3.63, 3.8) is 0 Å². The molecule has 0 aliphatic heterocycles. The van der Waals surface area contributed by atoms with Crippen molar-refractivity contribution in [2.75, 3.05) is 0 Å². The predicted molar refractivity (Wildman–Crippen MR) is 61.1 cm³/mol. The molecule has 0 atom stereocenters. The molecule has 2 heterocycles. The molecule has 2 aromatic heterocycles. The van der Waals surface area contributed by atoms with Crippen LogP contribution in [0.3, 0.4) is 0 Å². The third-order valence-electron chi connectivity index (χ3n) is 2.56. The Balaban J connectivity index is 1.54. The summed E-state index contributed by atoms with van der Waals surface area (Å²) < 4.78 is 0. The molecule has 94 valence electrons. The average molecular weight is 246 g/mol. The molecule has 0 N–H and O–H groups in total. The zero-order valence-electron chi connectivity index (χ0n) is 9.98. The van der Waals surface area contributed by atoms with Crippen molar-refractivity contribution < 1.29 is 0 Å². The van der Waals surface area contributed by atoms with Crippen LogP contribution in [0.2, 0.25) is 0 Å². The first-order valence-corrected chi connectivity index (χ1v) is 5.95. The summed E-state index contributed by atoms with van der Waals surface area (Å²) in [6.45, 7) is 0. The highest BCUT2D eigenvalue weighted by Gasteiger charge is 1.98. The molecule has 0 aliphatic rings. The number of unbranched alkanes of at least 4 members (excludes halogenated alkanes) is 3. The summed E-state index contributed by atoms with van der Waals surface area (Å²) in [7, 11) is 0. The lowest BCUT2D eigenvalue weighted by Gasteiger charge is -2.00. The van der Waals surface area contributed by atoms with Crippen molar-refractivity contribution in [3.8, 4) is 0 Å². The van der Waals surface area contributed by atoms with Crippen molar-refractivity contribution in [1.29, 1.82) is 0 Å². The van der Waals surface area contributed by atoms with Gasteiger partial charge in [0.25, 0.3) is 0 Å². The molecule has 0 fully saturated rings. The first-order valence-electron chi connectivity index (χ1n) is 5.95. The van der Waals surface area contributed by atoms with Crippen LogP contribution in [0.15, 0.2) is 12.4 Å². The van der Waals surface area contributed by atoms with E-state index in [2.05, 4.69) is 41.2 Å². The van der Waals surface area contributed by atoms with Gasteiger partial charge >= 0.3 is 0 Å². The van der Waals surface area contributed by atoms with Crippen LogP contribution in [0.4, 0.5) is 0 Å². The van der Waals surface area contributed by atoms with Crippen molar-refractivity contribution in [2.45, 2.75) is 38.5 Å².